The molecular formula is C17H21N3O3S. The van der Waals surface area contributed by atoms with Gasteiger partial charge in [0.25, 0.3) is 0 Å². The molecule has 24 heavy (non-hydrogen) atoms. The number of nitrogens with zero attached hydrogens (tertiary/aromatic N) is 2. The van der Waals surface area contributed by atoms with Crippen LogP contribution in [0.2, 0.25) is 0 Å². The second-order valence-electron chi connectivity index (χ2n) is 6.94. The molecule has 0 aliphatic heterocycles. The van der Waals surface area contributed by atoms with Crippen LogP contribution in [0.1, 0.15) is 61.7 Å². The maximum atomic E-state index is 12.9. The third-order valence-corrected chi connectivity index (χ3v) is 6.42. The van der Waals surface area contributed by atoms with Gasteiger partial charge >= 0.3 is 0 Å². The van der Waals surface area contributed by atoms with Gasteiger partial charge < -0.3 is 4.52 Å². The summed E-state index contributed by atoms with van der Waals surface area (Å²) in [7, 11) is -3.64. The lowest BCUT2D eigenvalue weighted by molar-refractivity contribution is 0.333. The van der Waals surface area contributed by atoms with E-state index in [0.29, 0.717) is 30.5 Å². The Morgan fingerprint density at radius 1 is 1.25 bits per heavy atom. The van der Waals surface area contributed by atoms with Gasteiger partial charge in [-0.2, -0.15) is 9.71 Å². The molecule has 0 unspecified atom stereocenters. The molecule has 1 aromatic carbocycles. The van der Waals surface area contributed by atoms with Crippen LogP contribution in [0.3, 0.4) is 0 Å². The summed E-state index contributed by atoms with van der Waals surface area (Å²) in [5.41, 5.74) is 0.160. The average molecular weight is 347 g/mol. The lowest BCUT2D eigenvalue weighted by Crippen LogP contribution is -2.44. The molecule has 2 saturated carbocycles. The van der Waals surface area contributed by atoms with Crippen LogP contribution in [0.4, 0.5) is 0 Å². The summed E-state index contributed by atoms with van der Waals surface area (Å²) in [6.07, 6.45) is 5.43. The number of aromatic nitrogens is 2. The third-order valence-electron chi connectivity index (χ3n) is 4.88. The van der Waals surface area contributed by atoms with Crippen molar-refractivity contribution in [3.63, 3.8) is 0 Å². The first kappa shape index (κ1) is 15.8. The van der Waals surface area contributed by atoms with Gasteiger partial charge in [-0.3, -0.25) is 0 Å². The van der Waals surface area contributed by atoms with Gasteiger partial charge in [0.1, 0.15) is 0 Å². The van der Waals surface area contributed by atoms with Crippen LogP contribution in [0.25, 0.3) is 0 Å². The zero-order valence-corrected chi connectivity index (χ0v) is 14.5. The molecule has 0 atom stereocenters. The molecule has 2 aromatic rings. The van der Waals surface area contributed by atoms with Crippen molar-refractivity contribution in [2.24, 2.45) is 0 Å². The maximum absolute atomic E-state index is 12.9. The van der Waals surface area contributed by atoms with E-state index in [1.165, 1.54) is 0 Å². The molecule has 1 aromatic heterocycles. The van der Waals surface area contributed by atoms with E-state index < -0.39 is 15.6 Å². The molecule has 2 aliphatic rings. The van der Waals surface area contributed by atoms with E-state index in [1.54, 1.807) is 18.2 Å². The van der Waals surface area contributed by atoms with Gasteiger partial charge in [0.2, 0.25) is 15.9 Å². The zero-order valence-electron chi connectivity index (χ0n) is 13.7. The minimum Gasteiger partial charge on any atom is -0.339 e. The lowest BCUT2D eigenvalue weighted by atomic mass is 9.98. The number of hydrogen-bond donors (Lipinski definition) is 1. The van der Waals surface area contributed by atoms with E-state index in [4.69, 9.17) is 4.52 Å². The fourth-order valence-electron chi connectivity index (χ4n) is 3.37. The van der Waals surface area contributed by atoms with Crippen LogP contribution in [-0.2, 0) is 15.6 Å². The topological polar surface area (TPSA) is 85.1 Å². The Morgan fingerprint density at radius 2 is 2.00 bits per heavy atom. The van der Waals surface area contributed by atoms with Gasteiger partial charge in [-0.05, 0) is 50.3 Å². The first-order valence-corrected chi connectivity index (χ1v) is 9.92. The van der Waals surface area contributed by atoms with Crippen molar-refractivity contribution in [1.82, 2.24) is 14.9 Å². The Balaban J connectivity index is 1.67. The highest BCUT2D eigenvalue weighted by Gasteiger charge is 2.44. The van der Waals surface area contributed by atoms with Gasteiger partial charge in [0, 0.05) is 5.92 Å². The van der Waals surface area contributed by atoms with Crippen LogP contribution in [0.15, 0.2) is 33.7 Å². The first-order chi connectivity index (χ1) is 11.5. The van der Waals surface area contributed by atoms with Crippen LogP contribution < -0.4 is 4.72 Å². The van der Waals surface area contributed by atoms with Crippen molar-refractivity contribution < 1.29 is 12.9 Å². The number of nitrogens with one attached hydrogen (secondary N) is 1. The first-order valence-electron chi connectivity index (χ1n) is 8.43. The summed E-state index contributed by atoms with van der Waals surface area (Å²) in [4.78, 5) is 4.79. The molecule has 0 radical (unpaired) electrons. The largest absolute Gasteiger partial charge is 0.339 e. The number of hydrogen-bond acceptors (Lipinski definition) is 5. The molecule has 2 fully saturated rings. The smallest absolute Gasteiger partial charge is 0.241 e. The normalized spacial score (nSPS) is 20.4. The molecule has 0 bridgehead atoms. The van der Waals surface area contributed by atoms with Crippen LogP contribution in [0.5, 0.6) is 0 Å². The van der Waals surface area contributed by atoms with Crippen LogP contribution in [0, 0.1) is 6.92 Å². The Labute approximate surface area is 141 Å². The molecule has 4 rings (SSSR count). The van der Waals surface area contributed by atoms with E-state index in [0.717, 1.165) is 31.2 Å². The minimum atomic E-state index is -3.64. The molecule has 7 heteroatoms. The van der Waals surface area contributed by atoms with Gasteiger partial charge in [0.15, 0.2) is 5.82 Å². The van der Waals surface area contributed by atoms with Gasteiger partial charge in [-0.15, -0.1) is 0 Å². The van der Waals surface area contributed by atoms with Crippen molar-refractivity contribution in [2.75, 3.05) is 0 Å². The predicted molar refractivity (Wildman–Crippen MR) is 87.9 cm³/mol. The summed E-state index contributed by atoms with van der Waals surface area (Å²) in [6.45, 7) is 1.88. The second-order valence-corrected chi connectivity index (χ2v) is 8.62. The Morgan fingerprint density at radius 3 is 2.67 bits per heavy atom. The second kappa shape index (κ2) is 5.67. The van der Waals surface area contributed by atoms with Crippen molar-refractivity contribution >= 4 is 10.0 Å². The highest BCUT2D eigenvalue weighted by atomic mass is 32.2. The molecule has 0 spiro atoms. The molecule has 6 nitrogen and oxygen atoms in total. The zero-order chi connectivity index (χ0) is 16.8. The summed E-state index contributed by atoms with van der Waals surface area (Å²) in [6, 6.07) is 6.93. The third kappa shape index (κ3) is 2.86. The molecule has 0 saturated heterocycles. The SMILES string of the molecule is Cc1cccc(S(=O)(=O)NC2(c3noc(C4CC4)n3)CCCC2)c1. The van der Waals surface area contributed by atoms with E-state index in [2.05, 4.69) is 14.9 Å². The fourth-order valence-corrected chi connectivity index (χ4v) is 4.90. The van der Waals surface area contributed by atoms with Gasteiger partial charge in [-0.1, -0.05) is 30.1 Å². The summed E-state index contributed by atoms with van der Waals surface area (Å²) in [5, 5.41) is 4.11. The molecule has 128 valence electrons. The highest BCUT2D eigenvalue weighted by Crippen LogP contribution is 2.42. The molecule has 1 heterocycles. The van der Waals surface area contributed by atoms with Crippen molar-refractivity contribution in [3.8, 4) is 0 Å². The summed E-state index contributed by atoms with van der Waals surface area (Å²) >= 11 is 0. The number of benzene rings is 1. The average Bonchev–Trinajstić information content (AvgIpc) is 3.08. The number of sulfonamides is 1. The molecule has 1 N–H and O–H groups in total. The fraction of sp³-hybridized carbons (Fsp3) is 0.529. The Hall–Kier alpha value is -1.73. The highest BCUT2D eigenvalue weighted by molar-refractivity contribution is 7.89. The minimum absolute atomic E-state index is 0.277. The van der Waals surface area contributed by atoms with Crippen LogP contribution in [-0.4, -0.2) is 18.6 Å². The quantitative estimate of drug-likeness (QED) is 0.898. The maximum Gasteiger partial charge on any atom is 0.241 e. The standard InChI is InChI=1S/C17H21N3O3S/c1-12-5-4-6-14(11-12)24(21,22)20-17(9-2-3-10-17)16-18-15(23-19-16)13-7-8-13/h4-6,11,13,20H,2-3,7-10H2,1H3. The van der Waals surface area contributed by atoms with Crippen LogP contribution >= 0.6 is 0 Å². The van der Waals surface area contributed by atoms with Gasteiger partial charge in [0.05, 0.1) is 10.4 Å². The van der Waals surface area contributed by atoms with Gasteiger partial charge in [-0.25, -0.2) is 8.42 Å². The Bertz CT molecular complexity index is 849. The number of rotatable bonds is 5. The monoisotopic (exact) mass is 347 g/mol. The summed E-state index contributed by atoms with van der Waals surface area (Å²) in [5.74, 6) is 1.49. The van der Waals surface area contributed by atoms with Crippen molar-refractivity contribution in [2.45, 2.75) is 61.8 Å². The van der Waals surface area contributed by atoms with E-state index in [-0.39, 0.29) is 4.90 Å². The molecule has 0 amide bonds. The van der Waals surface area contributed by atoms with E-state index >= 15 is 0 Å². The van der Waals surface area contributed by atoms with Crippen molar-refractivity contribution in [3.05, 3.63) is 41.5 Å². The molecule has 2 aliphatic carbocycles. The number of aryl methyl sites for hydroxylation is 1. The lowest BCUT2D eigenvalue weighted by Gasteiger charge is -2.26. The van der Waals surface area contributed by atoms with Crippen molar-refractivity contribution in [1.29, 1.82) is 0 Å². The molecular weight excluding hydrogens is 326 g/mol. The van der Waals surface area contributed by atoms with E-state index in [1.807, 2.05) is 13.0 Å². The Kier molecular flexibility index (Phi) is 3.73. The predicted octanol–water partition coefficient (Wildman–Crippen LogP) is 3.00. The van der Waals surface area contributed by atoms with E-state index in [9.17, 15) is 8.42 Å². The summed E-state index contributed by atoms with van der Waals surface area (Å²) < 4.78 is 34.0.